The SMILES string of the molecule is Cc1c([C@H]2CN(C(=O)NCCCC3CC3)[C@@H](C)c3ccccc32)cnn1C. The Kier molecular flexibility index (Phi) is 4.94. The number of nitrogens with zero attached hydrogens (tertiary/aromatic N) is 3. The van der Waals surface area contributed by atoms with Crippen LogP contribution in [0.25, 0.3) is 0 Å². The van der Waals surface area contributed by atoms with E-state index in [1.54, 1.807) is 0 Å². The van der Waals surface area contributed by atoms with Gasteiger partial charge in [0.05, 0.1) is 12.2 Å². The van der Waals surface area contributed by atoms with Crippen LogP contribution in [0.3, 0.4) is 0 Å². The third-order valence-electron chi connectivity index (χ3n) is 6.34. The number of carbonyl (C=O) groups excluding carboxylic acids is 1. The second-order valence-electron chi connectivity index (χ2n) is 8.14. The summed E-state index contributed by atoms with van der Waals surface area (Å²) in [6.07, 6.45) is 7.04. The number of hydrogen-bond acceptors (Lipinski definition) is 2. The zero-order valence-corrected chi connectivity index (χ0v) is 16.6. The van der Waals surface area contributed by atoms with E-state index in [0.29, 0.717) is 6.54 Å². The number of nitrogens with one attached hydrogen (secondary N) is 1. The predicted octanol–water partition coefficient (Wildman–Crippen LogP) is 4.14. The molecule has 0 saturated heterocycles. The molecule has 2 aromatic rings. The standard InChI is InChI=1S/C22H30N4O/c1-15-20(13-24-25(15)3)21-14-26(16(2)18-8-4-5-9-19(18)21)22(27)23-12-6-7-17-10-11-17/h4-5,8-9,13,16-17,21H,6-7,10-12,14H2,1-3H3,(H,23,27)/t16-,21-/m0/s1. The Hall–Kier alpha value is -2.30. The number of benzene rings is 1. The maximum Gasteiger partial charge on any atom is 0.317 e. The normalized spacial score (nSPS) is 21.8. The highest BCUT2D eigenvalue weighted by Crippen LogP contribution is 2.40. The molecule has 1 fully saturated rings. The Balaban J connectivity index is 1.54. The van der Waals surface area contributed by atoms with Gasteiger partial charge in [-0.25, -0.2) is 4.79 Å². The van der Waals surface area contributed by atoms with E-state index in [1.807, 2.05) is 22.8 Å². The first-order valence-electron chi connectivity index (χ1n) is 10.2. The molecule has 1 aliphatic carbocycles. The van der Waals surface area contributed by atoms with Crippen molar-refractivity contribution in [1.29, 1.82) is 0 Å². The average Bonchev–Trinajstić information content (AvgIpc) is 3.45. The van der Waals surface area contributed by atoms with Crippen molar-refractivity contribution < 1.29 is 4.79 Å². The smallest absolute Gasteiger partial charge is 0.317 e. The summed E-state index contributed by atoms with van der Waals surface area (Å²) in [5.41, 5.74) is 4.93. The maximum absolute atomic E-state index is 12.9. The van der Waals surface area contributed by atoms with Gasteiger partial charge in [0.2, 0.25) is 0 Å². The van der Waals surface area contributed by atoms with Crippen LogP contribution in [0.15, 0.2) is 30.5 Å². The number of carbonyl (C=O) groups is 1. The van der Waals surface area contributed by atoms with Gasteiger partial charge in [-0.3, -0.25) is 4.68 Å². The van der Waals surface area contributed by atoms with Crippen LogP contribution in [0.2, 0.25) is 0 Å². The fraction of sp³-hybridized carbons (Fsp3) is 0.545. The lowest BCUT2D eigenvalue weighted by atomic mass is 9.82. The molecule has 1 aromatic carbocycles. The Morgan fingerprint density at radius 2 is 1.96 bits per heavy atom. The minimum Gasteiger partial charge on any atom is -0.338 e. The summed E-state index contributed by atoms with van der Waals surface area (Å²) in [7, 11) is 1.97. The number of amides is 2. The average molecular weight is 367 g/mol. The molecule has 5 heteroatoms. The number of fused-ring (bicyclic) bond motifs is 1. The van der Waals surface area contributed by atoms with E-state index in [0.717, 1.165) is 24.6 Å². The van der Waals surface area contributed by atoms with E-state index < -0.39 is 0 Å². The van der Waals surface area contributed by atoms with Crippen LogP contribution in [0.1, 0.15) is 67.0 Å². The number of aryl methyl sites for hydroxylation is 1. The van der Waals surface area contributed by atoms with Gasteiger partial charge in [0.25, 0.3) is 0 Å². The van der Waals surface area contributed by atoms with E-state index in [2.05, 4.69) is 48.5 Å². The summed E-state index contributed by atoms with van der Waals surface area (Å²) < 4.78 is 1.91. The molecular formula is C22H30N4O. The van der Waals surface area contributed by atoms with Crippen LogP contribution in [-0.2, 0) is 7.05 Å². The number of hydrogen-bond donors (Lipinski definition) is 1. The van der Waals surface area contributed by atoms with Crippen LogP contribution in [0, 0.1) is 12.8 Å². The maximum atomic E-state index is 12.9. The summed E-state index contributed by atoms with van der Waals surface area (Å²) in [6, 6.07) is 8.66. The summed E-state index contributed by atoms with van der Waals surface area (Å²) in [4.78, 5) is 14.9. The monoisotopic (exact) mass is 366 g/mol. The Morgan fingerprint density at radius 1 is 1.22 bits per heavy atom. The van der Waals surface area contributed by atoms with Gasteiger partial charge in [0, 0.05) is 37.3 Å². The Labute approximate surface area is 161 Å². The molecule has 144 valence electrons. The van der Waals surface area contributed by atoms with Crippen LogP contribution >= 0.6 is 0 Å². The van der Waals surface area contributed by atoms with E-state index in [-0.39, 0.29) is 18.0 Å². The topological polar surface area (TPSA) is 50.2 Å². The van der Waals surface area contributed by atoms with E-state index >= 15 is 0 Å². The lowest BCUT2D eigenvalue weighted by Crippen LogP contribution is -2.46. The van der Waals surface area contributed by atoms with Gasteiger partial charge in [0.1, 0.15) is 0 Å². The minimum atomic E-state index is 0.0549. The van der Waals surface area contributed by atoms with Gasteiger partial charge in [-0.05, 0) is 43.7 Å². The molecule has 2 aliphatic rings. The van der Waals surface area contributed by atoms with E-state index in [1.165, 1.54) is 36.0 Å². The molecule has 2 heterocycles. The van der Waals surface area contributed by atoms with Crippen molar-refractivity contribution >= 4 is 6.03 Å². The van der Waals surface area contributed by atoms with Crippen molar-refractivity contribution in [2.24, 2.45) is 13.0 Å². The molecular weight excluding hydrogens is 336 g/mol. The van der Waals surface area contributed by atoms with Crippen molar-refractivity contribution in [2.75, 3.05) is 13.1 Å². The van der Waals surface area contributed by atoms with Crippen molar-refractivity contribution in [3.05, 3.63) is 52.8 Å². The number of aromatic nitrogens is 2. The van der Waals surface area contributed by atoms with Crippen LogP contribution in [0.4, 0.5) is 4.79 Å². The Bertz CT molecular complexity index is 823. The molecule has 0 spiro atoms. The molecule has 2 atom stereocenters. The van der Waals surface area contributed by atoms with Crippen LogP contribution in [0.5, 0.6) is 0 Å². The summed E-state index contributed by atoms with van der Waals surface area (Å²) in [6.45, 7) is 5.70. The third-order valence-corrected chi connectivity index (χ3v) is 6.34. The van der Waals surface area contributed by atoms with E-state index in [4.69, 9.17) is 0 Å². The molecule has 5 nitrogen and oxygen atoms in total. The van der Waals surface area contributed by atoms with Crippen molar-refractivity contribution in [3.63, 3.8) is 0 Å². The van der Waals surface area contributed by atoms with Gasteiger partial charge in [-0.2, -0.15) is 5.10 Å². The Morgan fingerprint density at radius 3 is 2.63 bits per heavy atom. The van der Waals surface area contributed by atoms with Crippen LogP contribution in [-0.4, -0.2) is 33.8 Å². The van der Waals surface area contributed by atoms with Crippen LogP contribution < -0.4 is 5.32 Å². The van der Waals surface area contributed by atoms with Gasteiger partial charge < -0.3 is 10.2 Å². The molecule has 1 saturated carbocycles. The molecule has 1 aromatic heterocycles. The predicted molar refractivity (Wildman–Crippen MR) is 107 cm³/mol. The first-order valence-corrected chi connectivity index (χ1v) is 10.2. The molecule has 1 N–H and O–H groups in total. The fourth-order valence-corrected chi connectivity index (χ4v) is 4.31. The fourth-order valence-electron chi connectivity index (χ4n) is 4.31. The second-order valence-corrected chi connectivity index (χ2v) is 8.14. The van der Waals surface area contributed by atoms with E-state index in [9.17, 15) is 4.79 Å². The lowest BCUT2D eigenvalue weighted by molar-refractivity contribution is 0.170. The summed E-state index contributed by atoms with van der Waals surface area (Å²) in [5.74, 6) is 1.09. The molecule has 0 unspecified atom stereocenters. The molecule has 2 amide bonds. The van der Waals surface area contributed by atoms with Gasteiger partial charge in [-0.15, -0.1) is 0 Å². The second kappa shape index (κ2) is 7.37. The summed E-state index contributed by atoms with van der Waals surface area (Å²) >= 11 is 0. The van der Waals surface area contributed by atoms with Gasteiger partial charge >= 0.3 is 6.03 Å². The largest absolute Gasteiger partial charge is 0.338 e. The van der Waals surface area contributed by atoms with Gasteiger partial charge in [-0.1, -0.05) is 37.1 Å². The van der Waals surface area contributed by atoms with Crippen molar-refractivity contribution in [2.45, 2.75) is 51.5 Å². The van der Waals surface area contributed by atoms with Crippen molar-refractivity contribution in [1.82, 2.24) is 20.0 Å². The quantitative estimate of drug-likeness (QED) is 0.809. The summed E-state index contributed by atoms with van der Waals surface area (Å²) in [5, 5.41) is 7.59. The van der Waals surface area contributed by atoms with Crippen molar-refractivity contribution in [3.8, 4) is 0 Å². The zero-order chi connectivity index (χ0) is 19.0. The zero-order valence-electron chi connectivity index (χ0n) is 16.6. The first-order chi connectivity index (χ1) is 13.1. The third kappa shape index (κ3) is 3.60. The molecule has 27 heavy (non-hydrogen) atoms. The number of urea groups is 1. The lowest BCUT2D eigenvalue weighted by Gasteiger charge is -2.39. The van der Waals surface area contributed by atoms with Gasteiger partial charge in [0.15, 0.2) is 0 Å². The molecule has 0 bridgehead atoms. The first kappa shape index (κ1) is 18.1. The minimum absolute atomic E-state index is 0.0549. The molecule has 4 rings (SSSR count). The highest BCUT2D eigenvalue weighted by Gasteiger charge is 2.35. The number of rotatable bonds is 5. The highest BCUT2D eigenvalue weighted by atomic mass is 16.2. The highest BCUT2D eigenvalue weighted by molar-refractivity contribution is 5.75. The molecule has 1 aliphatic heterocycles. The molecule has 0 radical (unpaired) electrons.